The molecular formula is C12H13Cl2N3. The second kappa shape index (κ2) is 6.05. The van der Waals surface area contributed by atoms with Crippen molar-refractivity contribution in [3.05, 3.63) is 51.8 Å². The van der Waals surface area contributed by atoms with Crippen LogP contribution in [0.5, 0.6) is 0 Å². The largest absolute Gasteiger partial charge is 0.311 e. The first-order valence-corrected chi connectivity index (χ1v) is 6.14. The summed E-state index contributed by atoms with van der Waals surface area (Å²) in [4.78, 5) is 0. The first-order chi connectivity index (χ1) is 8.25. The van der Waals surface area contributed by atoms with E-state index in [4.69, 9.17) is 23.2 Å². The lowest BCUT2D eigenvalue weighted by atomic mass is 10.1. The van der Waals surface area contributed by atoms with Gasteiger partial charge in [-0.3, -0.25) is 5.10 Å². The second-order valence-electron chi connectivity index (χ2n) is 3.74. The van der Waals surface area contributed by atoms with Crippen LogP contribution in [0.3, 0.4) is 0 Å². The Morgan fingerprint density at radius 3 is 2.82 bits per heavy atom. The number of hydrogen-bond acceptors (Lipinski definition) is 2. The second-order valence-corrected chi connectivity index (χ2v) is 4.59. The molecule has 0 aliphatic heterocycles. The molecule has 17 heavy (non-hydrogen) atoms. The van der Waals surface area contributed by atoms with Crippen LogP contribution < -0.4 is 5.32 Å². The Kier molecular flexibility index (Phi) is 4.42. The van der Waals surface area contributed by atoms with E-state index in [1.807, 2.05) is 18.2 Å². The maximum atomic E-state index is 6.08. The number of nitrogens with zero attached hydrogens (tertiary/aromatic N) is 1. The average molecular weight is 270 g/mol. The number of H-pyrrole nitrogens is 1. The first kappa shape index (κ1) is 12.4. The van der Waals surface area contributed by atoms with E-state index in [9.17, 15) is 0 Å². The summed E-state index contributed by atoms with van der Waals surface area (Å²) in [6, 6.07) is 7.54. The minimum Gasteiger partial charge on any atom is -0.311 e. The normalized spacial score (nSPS) is 10.7. The van der Waals surface area contributed by atoms with Crippen molar-refractivity contribution in [2.24, 2.45) is 0 Å². The van der Waals surface area contributed by atoms with Gasteiger partial charge in [-0.05, 0) is 36.7 Å². The molecule has 0 aliphatic rings. The van der Waals surface area contributed by atoms with Gasteiger partial charge in [-0.2, -0.15) is 5.10 Å². The minimum atomic E-state index is 0.671. The quantitative estimate of drug-likeness (QED) is 0.820. The third-order valence-corrected chi connectivity index (χ3v) is 3.05. The molecule has 0 amide bonds. The van der Waals surface area contributed by atoms with Gasteiger partial charge in [0.25, 0.3) is 0 Å². The predicted octanol–water partition coefficient (Wildman–Crippen LogP) is 3.05. The van der Waals surface area contributed by atoms with Crippen LogP contribution >= 0.6 is 23.2 Å². The molecule has 2 N–H and O–H groups in total. The van der Waals surface area contributed by atoms with Gasteiger partial charge in [-0.15, -0.1) is 0 Å². The molecule has 3 nitrogen and oxygen atoms in total. The Balaban J connectivity index is 1.78. The van der Waals surface area contributed by atoms with Crippen molar-refractivity contribution in [1.82, 2.24) is 15.5 Å². The fourth-order valence-corrected chi connectivity index (χ4v) is 2.06. The molecule has 0 unspecified atom stereocenters. The van der Waals surface area contributed by atoms with Gasteiger partial charge in [0.05, 0.1) is 0 Å². The van der Waals surface area contributed by atoms with Gasteiger partial charge in [0.2, 0.25) is 0 Å². The molecule has 1 aromatic carbocycles. The highest BCUT2D eigenvalue weighted by Gasteiger charge is 2.01. The summed E-state index contributed by atoms with van der Waals surface area (Å²) in [5.41, 5.74) is 2.18. The summed E-state index contributed by atoms with van der Waals surface area (Å²) in [5, 5.41) is 11.5. The molecule has 0 saturated carbocycles. The zero-order valence-electron chi connectivity index (χ0n) is 9.21. The molecule has 1 aromatic heterocycles. The zero-order chi connectivity index (χ0) is 12.1. The summed E-state index contributed by atoms with van der Waals surface area (Å²) < 4.78 is 0. The minimum absolute atomic E-state index is 0.671. The van der Waals surface area contributed by atoms with Gasteiger partial charge in [-0.1, -0.05) is 29.3 Å². The number of hydrogen-bond donors (Lipinski definition) is 2. The number of benzene rings is 1. The fraction of sp³-hybridized carbons (Fsp3) is 0.250. The topological polar surface area (TPSA) is 40.7 Å². The highest BCUT2D eigenvalue weighted by atomic mass is 35.5. The predicted molar refractivity (Wildman–Crippen MR) is 70.5 cm³/mol. The molecule has 5 heteroatoms. The lowest BCUT2D eigenvalue weighted by Crippen LogP contribution is -2.17. The third-order valence-electron chi connectivity index (χ3n) is 2.46. The van der Waals surface area contributed by atoms with Crippen molar-refractivity contribution in [2.75, 3.05) is 6.54 Å². The Labute approximate surface area is 110 Å². The van der Waals surface area contributed by atoms with Crippen LogP contribution in [0.4, 0.5) is 0 Å². The van der Waals surface area contributed by atoms with Crippen LogP contribution in [-0.4, -0.2) is 16.7 Å². The van der Waals surface area contributed by atoms with E-state index in [0.29, 0.717) is 5.02 Å². The van der Waals surface area contributed by atoms with Crippen molar-refractivity contribution in [1.29, 1.82) is 0 Å². The van der Waals surface area contributed by atoms with Gasteiger partial charge in [0, 0.05) is 28.5 Å². The maximum Gasteiger partial charge on any atom is 0.0490 e. The van der Waals surface area contributed by atoms with E-state index in [1.54, 1.807) is 12.3 Å². The number of aromatic amines is 1. The summed E-state index contributed by atoms with van der Waals surface area (Å²) in [6.45, 7) is 1.64. The van der Waals surface area contributed by atoms with Crippen LogP contribution in [0.1, 0.15) is 11.3 Å². The first-order valence-electron chi connectivity index (χ1n) is 5.38. The number of aromatic nitrogens is 2. The van der Waals surface area contributed by atoms with Crippen LogP contribution in [0.25, 0.3) is 0 Å². The van der Waals surface area contributed by atoms with Crippen LogP contribution in [0.2, 0.25) is 10.0 Å². The number of halogens is 2. The molecule has 2 rings (SSSR count). The Hall–Kier alpha value is -1.03. The van der Waals surface area contributed by atoms with E-state index in [2.05, 4.69) is 15.5 Å². The summed E-state index contributed by atoms with van der Waals surface area (Å²) in [5.74, 6) is 0. The van der Waals surface area contributed by atoms with Crippen molar-refractivity contribution in [3.8, 4) is 0 Å². The van der Waals surface area contributed by atoms with E-state index in [-0.39, 0.29) is 0 Å². The molecule has 0 radical (unpaired) electrons. The third kappa shape index (κ3) is 3.73. The van der Waals surface area contributed by atoms with Crippen molar-refractivity contribution >= 4 is 23.2 Å². The van der Waals surface area contributed by atoms with Crippen molar-refractivity contribution < 1.29 is 0 Å². The van der Waals surface area contributed by atoms with Crippen molar-refractivity contribution in [3.63, 3.8) is 0 Å². The van der Waals surface area contributed by atoms with Gasteiger partial charge < -0.3 is 5.32 Å². The SMILES string of the molecule is Clc1ccc(CCNCc2ccn[nH]2)c(Cl)c1. The van der Waals surface area contributed by atoms with Gasteiger partial charge >= 0.3 is 0 Å². The van der Waals surface area contributed by atoms with Crippen LogP contribution in [0, 0.1) is 0 Å². The molecule has 0 spiro atoms. The molecule has 90 valence electrons. The molecule has 0 saturated heterocycles. The smallest absolute Gasteiger partial charge is 0.0490 e. The van der Waals surface area contributed by atoms with Crippen LogP contribution in [-0.2, 0) is 13.0 Å². The molecule has 0 aliphatic carbocycles. The van der Waals surface area contributed by atoms with Gasteiger partial charge in [-0.25, -0.2) is 0 Å². The van der Waals surface area contributed by atoms with Crippen LogP contribution in [0.15, 0.2) is 30.5 Å². The maximum absolute atomic E-state index is 6.08. The van der Waals surface area contributed by atoms with E-state index >= 15 is 0 Å². The summed E-state index contributed by atoms with van der Waals surface area (Å²) in [6.07, 6.45) is 2.62. The zero-order valence-corrected chi connectivity index (χ0v) is 10.7. The molecule has 1 heterocycles. The molecule has 0 fully saturated rings. The lowest BCUT2D eigenvalue weighted by Gasteiger charge is -2.05. The lowest BCUT2D eigenvalue weighted by molar-refractivity contribution is 0.673. The Morgan fingerprint density at radius 2 is 2.12 bits per heavy atom. The summed E-state index contributed by atoms with van der Waals surface area (Å²) >= 11 is 11.9. The van der Waals surface area contributed by atoms with Crippen molar-refractivity contribution in [2.45, 2.75) is 13.0 Å². The Bertz CT molecular complexity index is 469. The van der Waals surface area contributed by atoms with E-state index in [1.165, 1.54) is 0 Å². The molecule has 0 atom stereocenters. The monoisotopic (exact) mass is 269 g/mol. The molecule has 2 aromatic rings. The number of rotatable bonds is 5. The number of nitrogens with one attached hydrogen (secondary N) is 2. The standard InChI is InChI=1S/C12H13Cl2N3/c13-10-2-1-9(12(14)7-10)3-5-15-8-11-4-6-16-17-11/h1-2,4,6-7,15H,3,5,8H2,(H,16,17). The highest BCUT2D eigenvalue weighted by molar-refractivity contribution is 6.35. The average Bonchev–Trinajstić information content (AvgIpc) is 2.79. The molecular weight excluding hydrogens is 257 g/mol. The van der Waals surface area contributed by atoms with Gasteiger partial charge in [0.15, 0.2) is 0 Å². The summed E-state index contributed by atoms with van der Waals surface area (Å²) in [7, 11) is 0. The molecule has 0 bridgehead atoms. The van der Waals surface area contributed by atoms with Gasteiger partial charge in [0.1, 0.15) is 0 Å². The van der Waals surface area contributed by atoms with E-state index in [0.717, 1.165) is 35.8 Å². The fourth-order valence-electron chi connectivity index (χ4n) is 1.55. The van der Waals surface area contributed by atoms with E-state index < -0.39 is 0 Å². The highest BCUT2D eigenvalue weighted by Crippen LogP contribution is 2.20. The Morgan fingerprint density at radius 1 is 1.24 bits per heavy atom.